The van der Waals surface area contributed by atoms with Gasteiger partial charge in [-0.15, -0.1) is 0 Å². The summed E-state index contributed by atoms with van der Waals surface area (Å²) < 4.78 is 5.24. The number of aliphatic imine (C=N–C) groups is 1. The smallest absolute Gasteiger partial charge is 0.338 e. The highest BCUT2D eigenvalue weighted by molar-refractivity contribution is 8.14. The van der Waals surface area contributed by atoms with E-state index in [4.69, 9.17) is 21.3 Å². The minimum absolute atomic E-state index is 0.136. The van der Waals surface area contributed by atoms with Gasteiger partial charge in [-0.05, 0) is 68.7 Å². The molecule has 2 aromatic carbocycles. The van der Waals surface area contributed by atoms with Gasteiger partial charge in [-0.2, -0.15) is 0 Å². The number of allylic oxidation sites excluding steroid dienone is 1. The molecule has 0 unspecified atom stereocenters. The van der Waals surface area contributed by atoms with Crippen LogP contribution in [0.5, 0.6) is 0 Å². The fourth-order valence-corrected chi connectivity index (χ4v) is 4.10. The lowest BCUT2D eigenvalue weighted by molar-refractivity contribution is -0.139. The van der Waals surface area contributed by atoms with E-state index in [1.54, 1.807) is 26.0 Å². The number of anilines is 1. The summed E-state index contributed by atoms with van der Waals surface area (Å²) in [6, 6.07) is 12.5. The predicted octanol–water partition coefficient (Wildman–Crippen LogP) is 5.17. The Balaban J connectivity index is 1.75. The maximum absolute atomic E-state index is 12.6. The highest BCUT2D eigenvalue weighted by Gasteiger charge is 2.30. The second-order valence-corrected chi connectivity index (χ2v) is 8.81. The lowest BCUT2D eigenvalue weighted by Crippen LogP contribution is -2.31. The van der Waals surface area contributed by atoms with Crippen molar-refractivity contribution < 1.29 is 14.3 Å². The number of carbonyl (C=O) groups is 2. The maximum atomic E-state index is 12.6. The number of amides is 1. The summed E-state index contributed by atoms with van der Waals surface area (Å²) in [5.74, 6) is -0.380. The number of esters is 1. The van der Waals surface area contributed by atoms with Crippen LogP contribution in [0.2, 0.25) is 5.02 Å². The van der Waals surface area contributed by atoms with Crippen molar-refractivity contribution in [2.45, 2.75) is 33.7 Å². The molecule has 1 amide bonds. The Hall–Kier alpha value is -2.77. The summed E-state index contributed by atoms with van der Waals surface area (Å²) in [6.07, 6.45) is 0. The number of nitrogens with one attached hydrogen (secondary N) is 2. The largest absolute Gasteiger partial charge is 0.463 e. The van der Waals surface area contributed by atoms with E-state index in [9.17, 15) is 9.59 Å². The fourth-order valence-electron chi connectivity index (χ4n) is 3.23. The third kappa shape index (κ3) is 5.93. The number of nitrogens with zero attached hydrogens (tertiary/aromatic N) is 1. The molecule has 1 atom stereocenters. The van der Waals surface area contributed by atoms with Crippen LogP contribution >= 0.6 is 23.4 Å². The summed E-state index contributed by atoms with van der Waals surface area (Å²) >= 11 is 7.30. The molecule has 0 aromatic heterocycles. The molecule has 0 spiro atoms. The van der Waals surface area contributed by atoms with E-state index in [-0.39, 0.29) is 18.3 Å². The maximum Gasteiger partial charge on any atom is 0.338 e. The van der Waals surface area contributed by atoms with Crippen molar-refractivity contribution in [3.8, 4) is 0 Å². The van der Waals surface area contributed by atoms with Gasteiger partial charge in [-0.25, -0.2) is 9.79 Å². The topological polar surface area (TPSA) is 79.8 Å². The van der Waals surface area contributed by atoms with E-state index in [1.807, 2.05) is 44.2 Å². The monoisotopic (exact) mass is 471 g/mol. The van der Waals surface area contributed by atoms with Crippen molar-refractivity contribution in [1.82, 2.24) is 5.32 Å². The Kier molecular flexibility index (Phi) is 7.99. The van der Waals surface area contributed by atoms with Crippen LogP contribution in [0.25, 0.3) is 0 Å². The summed E-state index contributed by atoms with van der Waals surface area (Å²) in [5.41, 5.74) is 4.96. The van der Waals surface area contributed by atoms with Crippen molar-refractivity contribution >= 4 is 46.1 Å². The lowest BCUT2D eigenvalue weighted by Gasteiger charge is -2.25. The van der Waals surface area contributed by atoms with Crippen LogP contribution in [0.1, 0.15) is 36.6 Å². The highest BCUT2D eigenvalue weighted by atomic mass is 35.5. The number of benzene rings is 2. The van der Waals surface area contributed by atoms with Crippen LogP contribution in [0.15, 0.2) is 58.7 Å². The van der Waals surface area contributed by atoms with Gasteiger partial charge in [-0.3, -0.25) is 4.79 Å². The summed E-state index contributed by atoms with van der Waals surface area (Å²) in [5, 5.41) is 7.21. The summed E-state index contributed by atoms with van der Waals surface area (Å²) in [7, 11) is 0. The molecular formula is C24H26ClN3O3S. The molecule has 1 heterocycles. The Morgan fingerprint density at radius 3 is 2.50 bits per heavy atom. The van der Waals surface area contributed by atoms with Crippen LogP contribution in [-0.2, 0) is 14.3 Å². The molecule has 168 valence electrons. The highest BCUT2D eigenvalue weighted by Crippen LogP contribution is 2.33. The molecule has 1 aliphatic rings. The zero-order chi connectivity index (χ0) is 23.3. The van der Waals surface area contributed by atoms with E-state index in [0.29, 0.717) is 21.5 Å². The van der Waals surface area contributed by atoms with Gasteiger partial charge in [0.05, 0.1) is 17.9 Å². The predicted molar refractivity (Wildman–Crippen MR) is 131 cm³/mol. The number of carbonyl (C=O) groups excluding carboxylic acids is 2. The Labute approximate surface area is 197 Å². The first-order valence-corrected chi connectivity index (χ1v) is 11.6. The molecule has 0 aliphatic carbocycles. The minimum atomic E-state index is -0.544. The van der Waals surface area contributed by atoms with E-state index in [1.165, 1.54) is 17.3 Å². The third-order valence-electron chi connectivity index (χ3n) is 5.03. The van der Waals surface area contributed by atoms with Crippen molar-refractivity contribution in [3.05, 3.63) is 75.4 Å². The first-order valence-electron chi connectivity index (χ1n) is 10.3. The number of aryl methyl sites for hydroxylation is 2. The van der Waals surface area contributed by atoms with E-state index < -0.39 is 12.0 Å². The van der Waals surface area contributed by atoms with Gasteiger partial charge in [0.2, 0.25) is 5.91 Å². The van der Waals surface area contributed by atoms with Gasteiger partial charge in [0.25, 0.3) is 0 Å². The Morgan fingerprint density at radius 1 is 1.12 bits per heavy atom. The molecule has 6 nitrogen and oxygen atoms in total. The standard InChI is InChI=1S/C24H26ClN3O3S/c1-5-31-23(30)21-16(4)26-24(28-22(21)17-7-9-18(25)10-8-17)32-13-20(29)27-19-11-6-14(2)15(3)12-19/h6-12,22H,5,13H2,1-4H3,(H,26,28)(H,27,29)/t22-/m0/s1. The molecule has 2 N–H and O–H groups in total. The van der Waals surface area contributed by atoms with Crippen molar-refractivity contribution in [2.24, 2.45) is 4.99 Å². The number of hydrogen-bond acceptors (Lipinski definition) is 6. The average molecular weight is 472 g/mol. The minimum Gasteiger partial charge on any atom is -0.463 e. The second kappa shape index (κ2) is 10.7. The van der Waals surface area contributed by atoms with Crippen molar-refractivity contribution in [1.29, 1.82) is 0 Å². The Morgan fingerprint density at radius 2 is 1.84 bits per heavy atom. The average Bonchev–Trinajstić information content (AvgIpc) is 2.75. The van der Waals surface area contributed by atoms with Crippen LogP contribution in [0, 0.1) is 13.8 Å². The van der Waals surface area contributed by atoms with Crippen LogP contribution < -0.4 is 10.6 Å². The normalized spacial score (nSPS) is 15.7. The SMILES string of the molecule is CCOC(=O)C1=C(C)NC(SCC(=O)Nc2ccc(C)c(C)c2)=N[C@H]1c1ccc(Cl)cc1. The molecule has 3 rings (SSSR count). The third-order valence-corrected chi connectivity index (χ3v) is 6.17. The van der Waals surface area contributed by atoms with Crippen molar-refractivity contribution in [3.63, 3.8) is 0 Å². The number of thioether (sulfide) groups is 1. The van der Waals surface area contributed by atoms with Gasteiger partial charge in [0.1, 0.15) is 6.04 Å². The van der Waals surface area contributed by atoms with Crippen LogP contribution in [0.4, 0.5) is 5.69 Å². The summed E-state index contributed by atoms with van der Waals surface area (Å²) in [4.78, 5) is 29.8. The first-order chi connectivity index (χ1) is 15.3. The molecule has 0 bridgehead atoms. The molecule has 1 aliphatic heterocycles. The quantitative estimate of drug-likeness (QED) is 0.568. The van der Waals surface area contributed by atoms with Crippen LogP contribution in [0.3, 0.4) is 0 Å². The molecular weight excluding hydrogens is 446 g/mol. The first kappa shape index (κ1) is 23.9. The molecule has 0 saturated carbocycles. The number of ether oxygens (including phenoxy) is 1. The van der Waals surface area contributed by atoms with Gasteiger partial charge in [0, 0.05) is 16.4 Å². The van der Waals surface area contributed by atoms with E-state index >= 15 is 0 Å². The number of amidine groups is 1. The number of rotatable bonds is 6. The molecule has 0 radical (unpaired) electrons. The van der Waals surface area contributed by atoms with Crippen molar-refractivity contribution in [2.75, 3.05) is 17.7 Å². The fraction of sp³-hybridized carbons (Fsp3) is 0.292. The second-order valence-electron chi connectivity index (χ2n) is 7.41. The van der Waals surface area contributed by atoms with Crippen LogP contribution in [-0.4, -0.2) is 29.4 Å². The van der Waals surface area contributed by atoms with E-state index in [0.717, 1.165) is 16.8 Å². The van der Waals surface area contributed by atoms with Gasteiger partial charge in [0.15, 0.2) is 5.17 Å². The molecule has 0 fully saturated rings. The number of hydrogen-bond donors (Lipinski definition) is 2. The van der Waals surface area contributed by atoms with Gasteiger partial charge < -0.3 is 15.4 Å². The molecule has 0 saturated heterocycles. The van der Waals surface area contributed by atoms with Gasteiger partial charge in [-0.1, -0.05) is 41.6 Å². The molecule has 32 heavy (non-hydrogen) atoms. The molecule has 8 heteroatoms. The summed E-state index contributed by atoms with van der Waals surface area (Å²) in [6.45, 7) is 7.88. The van der Waals surface area contributed by atoms with Gasteiger partial charge >= 0.3 is 5.97 Å². The van der Waals surface area contributed by atoms with E-state index in [2.05, 4.69) is 10.6 Å². The zero-order valence-electron chi connectivity index (χ0n) is 18.5. The zero-order valence-corrected chi connectivity index (χ0v) is 20.1. The Bertz CT molecular complexity index is 1080. The molecule has 2 aromatic rings. The number of halogens is 1. The lowest BCUT2D eigenvalue weighted by atomic mass is 9.97.